The molecule has 0 bridgehead atoms. The molecule has 0 unspecified atom stereocenters. The number of pyridine rings is 1. The summed E-state index contributed by atoms with van der Waals surface area (Å²) in [5.74, 6) is 0.0670. The Balaban J connectivity index is 1.59. The summed E-state index contributed by atoms with van der Waals surface area (Å²) in [5, 5.41) is 11.9. The molecule has 0 aliphatic carbocycles. The number of benzene rings is 2. The minimum Gasteiger partial charge on any atom is -0.476 e. The lowest BCUT2D eigenvalue weighted by atomic mass is 9.89. The van der Waals surface area contributed by atoms with Crippen molar-refractivity contribution in [1.29, 1.82) is 5.26 Å². The van der Waals surface area contributed by atoms with E-state index in [9.17, 15) is 9.65 Å². The van der Waals surface area contributed by atoms with Crippen LogP contribution in [0.25, 0.3) is 32.1 Å². The van der Waals surface area contributed by atoms with Gasteiger partial charge in [0.1, 0.15) is 23.5 Å². The molecule has 38 heavy (non-hydrogen) atoms. The molecule has 1 atom stereocenters. The Hall–Kier alpha value is -3.00. The van der Waals surface area contributed by atoms with Crippen LogP contribution in [0.15, 0.2) is 18.2 Å². The van der Waals surface area contributed by atoms with E-state index in [0.717, 1.165) is 52.8 Å². The van der Waals surface area contributed by atoms with Gasteiger partial charge in [-0.1, -0.05) is 17.7 Å². The van der Waals surface area contributed by atoms with E-state index in [1.54, 1.807) is 6.07 Å². The van der Waals surface area contributed by atoms with Gasteiger partial charge in [-0.05, 0) is 67.7 Å². The van der Waals surface area contributed by atoms with E-state index >= 15 is 0 Å². The number of thiophene rings is 1. The van der Waals surface area contributed by atoms with Crippen LogP contribution in [0.1, 0.15) is 35.1 Å². The van der Waals surface area contributed by atoms with Crippen LogP contribution >= 0.6 is 22.9 Å². The lowest BCUT2D eigenvalue weighted by Crippen LogP contribution is -2.30. The molecule has 2 aromatic heterocycles. The number of likely N-dealkylation sites (tertiary alicyclic amines) is 1. The van der Waals surface area contributed by atoms with Gasteiger partial charge in [0.2, 0.25) is 5.88 Å². The number of halogens is 2. The summed E-state index contributed by atoms with van der Waals surface area (Å²) >= 11 is 8.24. The molecule has 4 heterocycles. The molecular weight excluding hydrogens is 525 g/mol. The number of nitrogens with zero attached hydrogens (tertiary/aromatic N) is 3. The van der Waals surface area contributed by atoms with Gasteiger partial charge in [0.05, 0.1) is 34.0 Å². The van der Waals surface area contributed by atoms with Gasteiger partial charge < -0.3 is 25.8 Å². The normalized spacial score (nSPS) is 17.4. The van der Waals surface area contributed by atoms with E-state index in [-0.39, 0.29) is 10.6 Å². The largest absolute Gasteiger partial charge is 0.476 e. The third kappa shape index (κ3) is 3.99. The van der Waals surface area contributed by atoms with Crippen molar-refractivity contribution in [3.63, 3.8) is 0 Å². The van der Waals surface area contributed by atoms with Crippen molar-refractivity contribution >= 4 is 48.9 Å². The molecule has 2 aliphatic rings. The molecule has 1 fully saturated rings. The molecular formula is C28H27ClFN5O2S. The predicted octanol–water partition coefficient (Wildman–Crippen LogP) is 5.37. The summed E-state index contributed by atoms with van der Waals surface area (Å²) in [7, 11) is 2.11. The first-order valence-electron chi connectivity index (χ1n) is 12.6. The highest BCUT2D eigenvalue weighted by molar-refractivity contribution is 7.23. The zero-order valence-corrected chi connectivity index (χ0v) is 22.5. The zero-order valence-electron chi connectivity index (χ0n) is 20.9. The maximum Gasteiger partial charge on any atom is 0.214 e. The molecule has 4 N–H and O–H groups in total. The number of fused-ring (bicyclic) bond motifs is 4. The van der Waals surface area contributed by atoms with Crippen molar-refractivity contribution in [2.75, 3.05) is 32.5 Å². The Morgan fingerprint density at radius 1 is 1.32 bits per heavy atom. The van der Waals surface area contributed by atoms with Crippen LogP contribution in [-0.4, -0.2) is 42.7 Å². The summed E-state index contributed by atoms with van der Waals surface area (Å²) in [6.45, 7) is 2.78. The monoisotopic (exact) mass is 551 g/mol. The van der Waals surface area contributed by atoms with E-state index in [1.807, 2.05) is 6.07 Å². The standard InChI is InChI=1S/C28H27ClFN5O2S/c1-35-8-2-3-15(35)11-37-21-9-14(6-7-31)22-18-12-36-13-19(18)23(25(29)26(22)34-21)16-4-5-20(30)27-24(16)17(10-32)28(33)38-27/h4-5,9,15H,2-3,6-8,11-13,31,33H2,1H3/t15-/m0/s1. The molecule has 1 saturated heterocycles. The van der Waals surface area contributed by atoms with Crippen molar-refractivity contribution in [2.24, 2.45) is 5.73 Å². The SMILES string of the molecule is CN1CCC[C@H]1COc1cc(CCN)c2c3c(c(-c4ccc(F)c5sc(N)c(C#N)c45)c(Cl)c2n1)COC3. The first-order valence-corrected chi connectivity index (χ1v) is 13.8. The number of aromatic nitrogens is 1. The Labute approximate surface area is 228 Å². The second kappa shape index (κ2) is 9.95. The minimum atomic E-state index is -0.428. The molecule has 0 spiro atoms. The third-order valence-electron chi connectivity index (χ3n) is 7.67. The van der Waals surface area contributed by atoms with Gasteiger partial charge in [0.25, 0.3) is 0 Å². The summed E-state index contributed by atoms with van der Waals surface area (Å²) < 4.78 is 27.3. The molecule has 196 valence electrons. The molecule has 0 saturated carbocycles. The Kier molecular flexibility index (Phi) is 6.62. The van der Waals surface area contributed by atoms with Crippen LogP contribution in [0.4, 0.5) is 9.39 Å². The molecule has 2 aliphatic heterocycles. The number of anilines is 1. The summed E-state index contributed by atoms with van der Waals surface area (Å²) in [6, 6.07) is 7.50. The maximum absolute atomic E-state index is 14.8. The highest BCUT2D eigenvalue weighted by Crippen LogP contribution is 2.49. The fraction of sp³-hybridized carbons (Fsp3) is 0.357. The van der Waals surface area contributed by atoms with Crippen LogP contribution in [0.3, 0.4) is 0 Å². The molecule has 7 nitrogen and oxygen atoms in total. The first-order chi connectivity index (χ1) is 18.4. The van der Waals surface area contributed by atoms with Gasteiger partial charge in [-0.3, -0.25) is 0 Å². The van der Waals surface area contributed by atoms with Crippen LogP contribution < -0.4 is 16.2 Å². The molecule has 4 aromatic rings. The van der Waals surface area contributed by atoms with Crippen LogP contribution in [-0.2, 0) is 24.4 Å². The molecule has 10 heteroatoms. The zero-order chi connectivity index (χ0) is 26.6. The van der Waals surface area contributed by atoms with Gasteiger partial charge in [-0.15, -0.1) is 11.3 Å². The average molecular weight is 552 g/mol. The van der Waals surface area contributed by atoms with Crippen molar-refractivity contribution in [3.05, 3.63) is 51.3 Å². The quantitative estimate of drug-likeness (QED) is 0.331. The second-order valence-electron chi connectivity index (χ2n) is 9.86. The smallest absolute Gasteiger partial charge is 0.214 e. The number of hydrogen-bond acceptors (Lipinski definition) is 8. The lowest BCUT2D eigenvalue weighted by Gasteiger charge is -2.21. The fourth-order valence-corrected chi connectivity index (χ4v) is 7.08. The number of nitrogens with two attached hydrogens (primary N) is 2. The number of rotatable bonds is 6. The Morgan fingerprint density at radius 2 is 2.13 bits per heavy atom. The maximum atomic E-state index is 14.8. The molecule has 2 aromatic carbocycles. The van der Waals surface area contributed by atoms with Gasteiger partial charge in [-0.25, -0.2) is 9.37 Å². The van der Waals surface area contributed by atoms with Crippen molar-refractivity contribution in [1.82, 2.24) is 9.88 Å². The number of likely N-dealkylation sites (N-methyl/N-ethyl adjacent to an activating group) is 1. The van der Waals surface area contributed by atoms with E-state index < -0.39 is 5.82 Å². The lowest BCUT2D eigenvalue weighted by molar-refractivity contribution is 0.135. The first kappa shape index (κ1) is 25.3. The summed E-state index contributed by atoms with van der Waals surface area (Å²) in [5.41, 5.74) is 17.2. The fourth-order valence-electron chi connectivity index (χ4n) is 5.78. The van der Waals surface area contributed by atoms with Crippen molar-refractivity contribution < 1.29 is 13.9 Å². The number of hydrogen-bond donors (Lipinski definition) is 2. The second-order valence-corrected chi connectivity index (χ2v) is 11.3. The number of nitrogen functional groups attached to an aromatic ring is 1. The van der Waals surface area contributed by atoms with Crippen molar-refractivity contribution in [2.45, 2.75) is 38.5 Å². The highest BCUT2D eigenvalue weighted by Gasteiger charge is 2.29. The minimum absolute atomic E-state index is 0.248. The average Bonchev–Trinajstić information content (AvgIpc) is 3.63. The highest BCUT2D eigenvalue weighted by atomic mass is 35.5. The summed E-state index contributed by atoms with van der Waals surface area (Å²) in [4.78, 5) is 7.18. The van der Waals surface area contributed by atoms with Crippen LogP contribution in [0.5, 0.6) is 5.88 Å². The van der Waals surface area contributed by atoms with Crippen molar-refractivity contribution in [3.8, 4) is 23.1 Å². The number of ether oxygens (including phenoxy) is 2. The number of nitriles is 1. The molecule has 6 rings (SSSR count). The Morgan fingerprint density at radius 3 is 2.87 bits per heavy atom. The summed E-state index contributed by atoms with van der Waals surface area (Å²) in [6.07, 6.45) is 2.86. The van der Waals surface area contributed by atoms with E-state index in [4.69, 9.17) is 37.5 Å². The van der Waals surface area contributed by atoms with Gasteiger partial charge in [0.15, 0.2) is 0 Å². The van der Waals surface area contributed by atoms with E-state index in [2.05, 4.69) is 18.0 Å². The third-order valence-corrected chi connectivity index (χ3v) is 9.07. The van der Waals surface area contributed by atoms with E-state index in [1.165, 1.54) is 6.07 Å². The van der Waals surface area contributed by atoms with Crippen LogP contribution in [0.2, 0.25) is 5.02 Å². The Bertz CT molecular complexity index is 1630. The topological polar surface area (TPSA) is 110 Å². The van der Waals surface area contributed by atoms with Gasteiger partial charge >= 0.3 is 0 Å². The van der Waals surface area contributed by atoms with Gasteiger partial charge in [0, 0.05) is 28.4 Å². The van der Waals surface area contributed by atoms with Gasteiger partial charge in [-0.2, -0.15) is 5.26 Å². The molecule has 0 radical (unpaired) electrons. The molecule has 0 amide bonds. The van der Waals surface area contributed by atoms with Crippen LogP contribution in [0, 0.1) is 17.1 Å². The predicted molar refractivity (Wildman–Crippen MR) is 149 cm³/mol. The van der Waals surface area contributed by atoms with E-state index in [0.29, 0.717) is 76.5 Å².